The predicted molar refractivity (Wildman–Crippen MR) is 132 cm³/mol. The Morgan fingerprint density at radius 1 is 1.05 bits per heavy atom. The zero-order valence-corrected chi connectivity index (χ0v) is 20.9. The molecule has 2 N–H and O–H groups in total. The maximum absolute atomic E-state index is 14.1. The number of fused-ring (bicyclic) bond motifs is 1. The van der Waals surface area contributed by atoms with Crippen LogP contribution in [0.5, 0.6) is 0 Å². The van der Waals surface area contributed by atoms with Crippen molar-refractivity contribution in [2.24, 2.45) is 0 Å². The van der Waals surface area contributed by atoms with Gasteiger partial charge in [-0.2, -0.15) is 13.2 Å². The fourth-order valence-corrected chi connectivity index (χ4v) is 5.16. The van der Waals surface area contributed by atoms with E-state index < -0.39 is 46.8 Å². The standard InChI is InChI=1S/C27H19ClF5N3O3/c1-36-11-14(8-22(36)37)12-6-19-23(24(35-26(19)39)18-10-16(29)2-3-20(18)28)21(7-12)34-25(38)13-4-15(27(31,32)33)9-17(30)5-13/h2-7,9-10,14,24H,8,11H2,1H3,(H,34,38)(H,35,39). The monoisotopic (exact) mass is 563 g/mol. The van der Waals surface area contributed by atoms with Crippen molar-refractivity contribution in [2.45, 2.75) is 24.6 Å². The summed E-state index contributed by atoms with van der Waals surface area (Å²) in [6.07, 6.45) is -4.75. The van der Waals surface area contributed by atoms with Crippen molar-refractivity contribution in [2.75, 3.05) is 18.9 Å². The Morgan fingerprint density at radius 2 is 1.79 bits per heavy atom. The number of likely N-dealkylation sites (N-methyl/N-ethyl adjacent to an activating group) is 1. The van der Waals surface area contributed by atoms with Crippen LogP contribution in [0.4, 0.5) is 27.6 Å². The minimum atomic E-state index is -4.89. The number of likely N-dealkylation sites (tertiary alicyclic amines) is 1. The van der Waals surface area contributed by atoms with Crippen molar-refractivity contribution in [1.82, 2.24) is 10.2 Å². The Hall–Kier alpha value is -3.99. The molecule has 2 heterocycles. The van der Waals surface area contributed by atoms with Gasteiger partial charge < -0.3 is 15.5 Å². The molecule has 2 unspecified atom stereocenters. The normalized spacial score (nSPS) is 18.8. The molecule has 12 heteroatoms. The Labute approximate surface area is 223 Å². The number of anilines is 1. The quantitative estimate of drug-likeness (QED) is 0.402. The third-order valence-corrected chi connectivity index (χ3v) is 7.17. The number of benzene rings is 3. The predicted octanol–water partition coefficient (Wildman–Crippen LogP) is 5.67. The number of nitrogens with one attached hydrogen (secondary N) is 2. The first-order valence-electron chi connectivity index (χ1n) is 11.7. The van der Waals surface area contributed by atoms with Gasteiger partial charge in [0, 0.05) is 58.9 Å². The molecule has 3 aromatic rings. The largest absolute Gasteiger partial charge is 0.416 e. The maximum atomic E-state index is 14.1. The highest BCUT2D eigenvalue weighted by Crippen LogP contribution is 2.42. The molecule has 5 rings (SSSR count). The van der Waals surface area contributed by atoms with Gasteiger partial charge in [-0.1, -0.05) is 11.6 Å². The van der Waals surface area contributed by atoms with E-state index in [9.17, 15) is 36.3 Å². The molecule has 202 valence electrons. The number of nitrogens with zero attached hydrogens (tertiary/aromatic N) is 1. The Kier molecular flexibility index (Phi) is 6.58. The summed E-state index contributed by atoms with van der Waals surface area (Å²) in [4.78, 5) is 39.8. The van der Waals surface area contributed by atoms with Crippen LogP contribution in [0.3, 0.4) is 0 Å². The molecular weight excluding hydrogens is 545 g/mol. The molecule has 0 saturated carbocycles. The molecular formula is C27H19ClF5N3O3. The molecule has 2 atom stereocenters. The molecule has 39 heavy (non-hydrogen) atoms. The van der Waals surface area contributed by atoms with Crippen molar-refractivity contribution in [1.29, 1.82) is 0 Å². The SMILES string of the molecule is CN1CC(c2cc(NC(=O)c3cc(F)cc(C(F)(F)F)c3)c3c(c2)C(=O)NC3c2cc(F)ccc2Cl)CC1=O. The summed E-state index contributed by atoms with van der Waals surface area (Å²) in [7, 11) is 1.62. The minimum absolute atomic E-state index is 0.0241. The Morgan fingerprint density at radius 3 is 2.46 bits per heavy atom. The summed E-state index contributed by atoms with van der Waals surface area (Å²) in [5.74, 6) is -3.98. The molecule has 0 aliphatic carbocycles. The topological polar surface area (TPSA) is 78.5 Å². The maximum Gasteiger partial charge on any atom is 0.416 e. The highest BCUT2D eigenvalue weighted by molar-refractivity contribution is 6.31. The fraction of sp³-hybridized carbons (Fsp3) is 0.222. The Balaban J connectivity index is 1.63. The van der Waals surface area contributed by atoms with Gasteiger partial charge in [0.1, 0.15) is 11.6 Å². The second-order valence-corrected chi connectivity index (χ2v) is 9.86. The van der Waals surface area contributed by atoms with E-state index in [0.717, 1.165) is 12.1 Å². The van der Waals surface area contributed by atoms with Crippen LogP contribution in [0, 0.1) is 11.6 Å². The van der Waals surface area contributed by atoms with Gasteiger partial charge in [0.25, 0.3) is 11.8 Å². The van der Waals surface area contributed by atoms with Crippen molar-refractivity contribution < 1.29 is 36.3 Å². The van der Waals surface area contributed by atoms with E-state index in [0.29, 0.717) is 24.2 Å². The van der Waals surface area contributed by atoms with Crippen LogP contribution >= 0.6 is 11.6 Å². The molecule has 6 nitrogen and oxygen atoms in total. The van der Waals surface area contributed by atoms with Crippen molar-refractivity contribution >= 4 is 35.0 Å². The second kappa shape index (κ2) is 9.64. The molecule has 2 aliphatic heterocycles. The third kappa shape index (κ3) is 5.06. The summed E-state index contributed by atoms with van der Waals surface area (Å²) < 4.78 is 67.9. The summed E-state index contributed by atoms with van der Waals surface area (Å²) in [6, 6.07) is 7.06. The van der Waals surface area contributed by atoms with Crippen LogP contribution < -0.4 is 10.6 Å². The van der Waals surface area contributed by atoms with E-state index >= 15 is 0 Å². The van der Waals surface area contributed by atoms with Crippen molar-refractivity contribution in [3.8, 4) is 0 Å². The molecule has 1 saturated heterocycles. The van der Waals surface area contributed by atoms with Gasteiger partial charge >= 0.3 is 6.18 Å². The smallest absolute Gasteiger partial charge is 0.345 e. The number of amides is 3. The fourth-order valence-electron chi connectivity index (χ4n) is 4.93. The molecule has 2 aliphatic rings. The van der Waals surface area contributed by atoms with E-state index in [1.165, 1.54) is 17.0 Å². The zero-order chi connectivity index (χ0) is 28.2. The first-order valence-corrected chi connectivity index (χ1v) is 12.1. The summed E-state index contributed by atoms with van der Waals surface area (Å²) in [6.45, 7) is 0.338. The van der Waals surface area contributed by atoms with Crippen LogP contribution in [0.15, 0.2) is 48.5 Å². The van der Waals surface area contributed by atoms with E-state index in [2.05, 4.69) is 10.6 Å². The van der Waals surface area contributed by atoms with Gasteiger partial charge in [-0.15, -0.1) is 0 Å². The summed E-state index contributed by atoms with van der Waals surface area (Å²) >= 11 is 6.29. The number of carbonyl (C=O) groups is 3. The lowest BCUT2D eigenvalue weighted by molar-refractivity contribution is -0.137. The number of hydrogen-bond donors (Lipinski definition) is 2. The van der Waals surface area contributed by atoms with Gasteiger partial charge in [0.2, 0.25) is 5.91 Å². The lowest BCUT2D eigenvalue weighted by atomic mass is 9.90. The number of rotatable bonds is 4. The van der Waals surface area contributed by atoms with Gasteiger partial charge in [-0.05, 0) is 54.1 Å². The van der Waals surface area contributed by atoms with Gasteiger partial charge in [0.05, 0.1) is 11.6 Å². The molecule has 3 amide bonds. The lowest BCUT2D eigenvalue weighted by Gasteiger charge is -2.20. The van der Waals surface area contributed by atoms with Crippen molar-refractivity contribution in [3.05, 3.63) is 98.6 Å². The number of hydrogen-bond acceptors (Lipinski definition) is 3. The van der Waals surface area contributed by atoms with Crippen molar-refractivity contribution in [3.63, 3.8) is 0 Å². The van der Waals surface area contributed by atoms with Crippen LogP contribution in [-0.4, -0.2) is 36.2 Å². The number of halogens is 6. The summed E-state index contributed by atoms with van der Waals surface area (Å²) in [5, 5.41) is 5.33. The molecule has 3 aromatic carbocycles. The average molecular weight is 564 g/mol. The third-order valence-electron chi connectivity index (χ3n) is 6.83. The lowest BCUT2D eigenvalue weighted by Crippen LogP contribution is -2.21. The molecule has 1 fully saturated rings. The van der Waals surface area contributed by atoms with Crippen LogP contribution in [0.2, 0.25) is 5.02 Å². The first-order chi connectivity index (χ1) is 18.3. The van der Waals surface area contributed by atoms with E-state index in [1.807, 2.05) is 0 Å². The van der Waals surface area contributed by atoms with E-state index in [1.54, 1.807) is 13.1 Å². The van der Waals surface area contributed by atoms with Gasteiger partial charge in [-0.25, -0.2) is 8.78 Å². The Bertz CT molecular complexity index is 1540. The molecule has 0 bridgehead atoms. The van der Waals surface area contributed by atoms with E-state index in [4.69, 9.17) is 11.6 Å². The number of carbonyl (C=O) groups excluding carboxylic acids is 3. The van der Waals surface area contributed by atoms with Gasteiger partial charge in [-0.3, -0.25) is 14.4 Å². The first kappa shape index (κ1) is 26.6. The van der Waals surface area contributed by atoms with Crippen LogP contribution in [0.1, 0.15) is 61.4 Å². The molecule has 0 radical (unpaired) electrons. The van der Waals surface area contributed by atoms with Crippen LogP contribution in [-0.2, 0) is 11.0 Å². The highest BCUT2D eigenvalue weighted by atomic mass is 35.5. The second-order valence-electron chi connectivity index (χ2n) is 9.46. The summed E-state index contributed by atoms with van der Waals surface area (Å²) in [5.41, 5.74) is -0.891. The van der Waals surface area contributed by atoms with Crippen LogP contribution in [0.25, 0.3) is 0 Å². The van der Waals surface area contributed by atoms with E-state index in [-0.39, 0.29) is 51.7 Å². The average Bonchev–Trinajstić information content (AvgIpc) is 3.38. The number of alkyl halides is 3. The highest BCUT2D eigenvalue weighted by Gasteiger charge is 2.37. The van der Waals surface area contributed by atoms with Gasteiger partial charge in [0.15, 0.2) is 0 Å². The minimum Gasteiger partial charge on any atom is -0.345 e. The molecule has 0 spiro atoms. The zero-order valence-electron chi connectivity index (χ0n) is 20.1. The molecule has 0 aromatic heterocycles.